The van der Waals surface area contributed by atoms with Gasteiger partial charge in [0, 0.05) is 19.7 Å². The van der Waals surface area contributed by atoms with Crippen LogP contribution >= 0.6 is 0 Å². The zero-order valence-electron chi connectivity index (χ0n) is 11.1. The average Bonchev–Trinajstić information content (AvgIpc) is 2.35. The van der Waals surface area contributed by atoms with Gasteiger partial charge in [-0.1, -0.05) is 20.3 Å². The largest absolute Gasteiger partial charge is 0.378 e. The number of nitrogens with zero attached hydrogens (tertiary/aromatic N) is 1. The Morgan fingerprint density at radius 1 is 1.44 bits per heavy atom. The second kappa shape index (κ2) is 7.72. The Morgan fingerprint density at radius 3 is 2.81 bits per heavy atom. The first-order valence-corrected chi connectivity index (χ1v) is 6.80. The molecular weight excluding hydrogens is 198 g/mol. The first kappa shape index (κ1) is 13.6. The van der Waals surface area contributed by atoms with Crippen molar-refractivity contribution in [1.29, 1.82) is 0 Å². The molecule has 0 aliphatic carbocycles. The lowest BCUT2D eigenvalue weighted by atomic mass is 10.0. The summed E-state index contributed by atoms with van der Waals surface area (Å²) in [5.41, 5.74) is 0. The van der Waals surface area contributed by atoms with E-state index in [9.17, 15) is 0 Å². The molecule has 0 saturated carbocycles. The summed E-state index contributed by atoms with van der Waals surface area (Å²) in [6.45, 7) is 9.94. The monoisotopic (exact) mass is 225 g/mol. The standard InChI is InChI=1S/C14H27NO/c1-4-13(3)7-6-12-16-14-8-10-15(5-2)11-9-14/h8,10,13-14H,4-7,9,11-12H2,1-3H3. The summed E-state index contributed by atoms with van der Waals surface area (Å²) in [7, 11) is 0. The van der Waals surface area contributed by atoms with Gasteiger partial charge in [-0.25, -0.2) is 0 Å². The second-order valence-corrected chi connectivity index (χ2v) is 4.82. The van der Waals surface area contributed by atoms with Crippen LogP contribution in [0, 0.1) is 5.92 Å². The molecule has 2 unspecified atom stereocenters. The number of ether oxygens (including phenoxy) is 1. The molecule has 0 fully saturated rings. The van der Waals surface area contributed by atoms with E-state index in [1.807, 2.05) is 0 Å². The molecule has 0 spiro atoms. The van der Waals surface area contributed by atoms with Gasteiger partial charge in [-0.3, -0.25) is 0 Å². The lowest BCUT2D eigenvalue weighted by Crippen LogP contribution is -2.28. The third-order valence-corrected chi connectivity index (χ3v) is 3.49. The van der Waals surface area contributed by atoms with E-state index in [-0.39, 0.29) is 0 Å². The van der Waals surface area contributed by atoms with Crippen LogP contribution in [-0.2, 0) is 4.74 Å². The summed E-state index contributed by atoms with van der Waals surface area (Å²) in [5.74, 6) is 0.848. The van der Waals surface area contributed by atoms with Gasteiger partial charge in [0.15, 0.2) is 0 Å². The highest BCUT2D eigenvalue weighted by molar-refractivity contribution is 4.94. The van der Waals surface area contributed by atoms with E-state index < -0.39 is 0 Å². The molecule has 2 heteroatoms. The van der Waals surface area contributed by atoms with E-state index in [1.165, 1.54) is 19.3 Å². The van der Waals surface area contributed by atoms with Gasteiger partial charge in [0.25, 0.3) is 0 Å². The summed E-state index contributed by atoms with van der Waals surface area (Å²) >= 11 is 0. The van der Waals surface area contributed by atoms with Crippen LogP contribution in [0.5, 0.6) is 0 Å². The number of hydrogen-bond acceptors (Lipinski definition) is 2. The molecule has 0 amide bonds. The topological polar surface area (TPSA) is 12.5 Å². The molecule has 0 radical (unpaired) electrons. The average molecular weight is 225 g/mol. The highest BCUT2D eigenvalue weighted by Gasteiger charge is 2.11. The van der Waals surface area contributed by atoms with Gasteiger partial charge in [0.1, 0.15) is 0 Å². The minimum Gasteiger partial charge on any atom is -0.378 e. The Balaban J connectivity index is 2.06. The SMILES string of the molecule is CCC(C)CCCOC1C=CN(CC)CC1. The highest BCUT2D eigenvalue weighted by atomic mass is 16.5. The van der Waals surface area contributed by atoms with Crippen LogP contribution in [0.25, 0.3) is 0 Å². The Hall–Kier alpha value is -0.500. The van der Waals surface area contributed by atoms with Crippen molar-refractivity contribution in [3.8, 4) is 0 Å². The fourth-order valence-electron chi connectivity index (χ4n) is 1.95. The molecule has 0 N–H and O–H groups in total. The first-order chi connectivity index (χ1) is 7.76. The highest BCUT2D eigenvalue weighted by Crippen LogP contribution is 2.13. The second-order valence-electron chi connectivity index (χ2n) is 4.82. The summed E-state index contributed by atoms with van der Waals surface area (Å²) in [6.07, 6.45) is 9.69. The smallest absolute Gasteiger partial charge is 0.0789 e. The molecule has 0 bridgehead atoms. The lowest BCUT2D eigenvalue weighted by molar-refractivity contribution is 0.0626. The molecular formula is C14H27NO. The van der Waals surface area contributed by atoms with Crippen molar-refractivity contribution >= 4 is 0 Å². The predicted molar refractivity (Wildman–Crippen MR) is 69.4 cm³/mol. The Kier molecular flexibility index (Phi) is 6.55. The van der Waals surface area contributed by atoms with Crippen LogP contribution in [0.15, 0.2) is 12.3 Å². The summed E-state index contributed by atoms with van der Waals surface area (Å²) in [4.78, 5) is 2.33. The van der Waals surface area contributed by atoms with Gasteiger partial charge in [-0.05, 0) is 44.4 Å². The number of hydrogen-bond donors (Lipinski definition) is 0. The van der Waals surface area contributed by atoms with Crippen molar-refractivity contribution in [3.63, 3.8) is 0 Å². The fourth-order valence-corrected chi connectivity index (χ4v) is 1.95. The minimum absolute atomic E-state index is 0.361. The fraction of sp³-hybridized carbons (Fsp3) is 0.857. The maximum Gasteiger partial charge on any atom is 0.0789 e. The Bertz CT molecular complexity index is 203. The van der Waals surface area contributed by atoms with Crippen molar-refractivity contribution in [1.82, 2.24) is 4.90 Å². The van der Waals surface area contributed by atoms with E-state index in [1.54, 1.807) is 0 Å². The van der Waals surface area contributed by atoms with Gasteiger partial charge in [0.2, 0.25) is 0 Å². The zero-order valence-corrected chi connectivity index (χ0v) is 11.1. The van der Waals surface area contributed by atoms with Gasteiger partial charge >= 0.3 is 0 Å². The van der Waals surface area contributed by atoms with Gasteiger partial charge in [0.05, 0.1) is 6.10 Å². The summed E-state index contributed by atoms with van der Waals surface area (Å²) in [6, 6.07) is 0. The molecule has 1 aliphatic rings. The van der Waals surface area contributed by atoms with Crippen molar-refractivity contribution in [2.24, 2.45) is 5.92 Å². The first-order valence-electron chi connectivity index (χ1n) is 6.80. The van der Waals surface area contributed by atoms with Crippen LogP contribution < -0.4 is 0 Å². The summed E-state index contributed by atoms with van der Waals surface area (Å²) < 4.78 is 5.86. The molecule has 0 aromatic rings. The molecule has 0 aromatic carbocycles. The van der Waals surface area contributed by atoms with Crippen LogP contribution in [-0.4, -0.2) is 30.7 Å². The molecule has 16 heavy (non-hydrogen) atoms. The maximum absolute atomic E-state index is 5.86. The van der Waals surface area contributed by atoms with Crippen molar-refractivity contribution in [3.05, 3.63) is 12.3 Å². The summed E-state index contributed by atoms with van der Waals surface area (Å²) in [5, 5.41) is 0. The van der Waals surface area contributed by atoms with Crippen molar-refractivity contribution in [2.45, 2.75) is 52.6 Å². The van der Waals surface area contributed by atoms with Crippen molar-refractivity contribution < 1.29 is 4.74 Å². The third kappa shape index (κ3) is 5.02. The predicted octanol–water partition coefficient (Wildman–Crippen LogP) is 3.44. The molecule has 1 heterocycles. The van der Waals surface area contributed by atoms with Gasteiger partial charge < -0.3 is 9.64 Å². The van der Waals surface area contributed by atoms with Gasteiger partial charge in [-0.2, -0.15) is 0 Å². The third-order valence-electron chi connectivity index (χ3n) is 3.49. The molecule has 94 valence electrons. The van der Waals surface area contributed by atoms with E-state index in [0.29, 0.717) is 6.10 Å². The quantitative estimate of drug-likeness (QED) is 0.615. The molecule has 1 rings (SSSR count). The molecule has 2 atom stereocenters. The van der Waals surface area contributed by atoms with Gasteiger partial charge in [-0.15, -0.1) is 0 Å². The normalized spacial score (nSPS) is 22.4. The molecule has 0 aromatic heterocycles. The molecule has 1 aliphatic heterocycles. The number of rotatable bonds is 7. The lowest BCUT2D eigenvalue weighted by Gasteiger charge is -2.26. The van der Waals surface area contributed by atoms with Crippen molar-refractivity contribution in [2.75, 3.05) is 19.7 Å². The van der Waals surface area contributed by atoms with E-state index in [4.69, 9.17) is 4.74 Å². The van der Waals surface area contributed by atoms with Crippen LogP contribution in [0.4, 0.5) is 0 Å². The van der Waals surface area contributed by atoms with E-state index >= 15 is 0 Å². The van der Waals surface area contributed by atoms with Crippen LogP contribution in [0.2, 0.25) is 0 Å². The van der Waals surface area contributed by atoms with E-state index in [2.05, 4.69) is 37.9 Å². The maximum atomic E-state index is 5.86. The Morgan fingerprint density at radius 2 is 2.25 bits per heavy atom. The van der Waals surface area contributed by atoms with E-state index in [0.717, 1.165) is 32.0 Å². The molecule has 0 saturated heterocycles. The zero-order chi connectivity index (χ0) is 11.8. The van der Waals surface area contributed by atoms with Crippen LogP contribution in [0.3, 0.4) is 0 Å². The Labute approximate surface area is 101 Å². The molecule has 2 nitrogen and oxygen atoms in total. The minimum atomic E-state index is 0.361. The van der Waals surface area contributed by atoms with Crippen LogP contribution in [0.1, 0.15) is 46.5 Å².